The molecule has 3 aliphatic heterocycles. The standard InChI is InChI=1S/C35H42O8/c1-34(2)42-30-27(19-21-36)40-31-29(38-23-37-3)28(41-32(31)33(30)43-34)20-22-39-35(24-13-7-4-8-14-24,25-15-9-5-10-16-25)26-17-11-6-12-18-26/h4-18,27-33,36H,19-23H2,1-3H3/t27-,28+,29-,30-,31-,32+,33-/m0/s1. The van der Waals surface area contributed by atoms with E-state index in [1.807, 2.05) is 68.4 Å². The maximum atomic E-state index is 9.77. The van der Waals surface area contributed by atoms with Crippen molar-refractivity contribution < 1.29 is 38.3 Å². The van der Waals surface area contributed by atoms with Crippen molar-refractivity contribution in [1.29, 1.82) is 0 Å². The third kappa shape index (κ3) is 6.03. The number of aliphatic hydroxyl groups is 1. The summed E-state index contributed by atoms with van der Waals surface area (Å²) in [6.07, 6.45) is -1.60. The molecule has 8 nitrogen and oxygen atoms in total. The molecule has 0 radical (unpaired) electrons. The largest absolute Gasteiger partial charge is 0.396 e. The van der Waals surface area contributed by atoms with Crippen LogP contribution in [0.2, 0.25) is 0 Å². The average Bonchev–Trinajstić information content (AvgIpc) is 3.55. The first kappa shape index (κ1) is 30.4. The van der Waals surface area contributed by atoms with Gasteiger partial charge < -0.3 is 38.3 Å². The summed E-state index contributed by atoms with van der Waals surface area (Å²) in [7, 11) is 1.60. The molecule has 3 aliphatic rings. The number of hydrogen-bond donors (Lipinski definition) is 1. The summed E-state index contributed by atoms with van der Waals surface area (Å²) in [4.78, 5) is 0. The second-order valence-corrected chi connectivity index (χ2v) is 11.8. The first-order valence-corrected chi connectivity index (χ1v) is 15.2. The molecule has 230 valence electrons. The van der Waals surface area contributed by atoms with Crippen LogP contribution in [0.15, 0.2) is 91.0 Å². The lowest BCUT2D eigenvalue weighted by Gasteiger charge is -2.39. The molecule has 3 saturated heterocycles. The van der Waals surface area contributed by atoms with Gasteiger partial charge >= 0.3 is 0 Å². The number of methoxy groups -OCH3 is 1. The van der Waals surface area contributed by atoms with E-state index < -0.39 is 29.7 Å². The SMILES string of the molecule is COCO[C@@H]1[C@@H]2O[C@@H](CCO)[C@@H]3OC(C)(C)O[C@@H]3[C@@H]2O[C@@H]1CCOC(c1ccccc1)(c1ccccc1)c1ccccc1. The van der Waals surface area contributed by atoms with Crippen molar-refractivity contribution in [2.24, 2.45) is 0 Å². The van der Waals surface area contributed by atoms with Crippen molar-refractivity contribution in [3.05, 3.63) is 108 Å². The van der Waals surface area contributed by atoms with E-state index in [1.54, 1.807) is 7.11 Å². The fraction of sp³-hybridized carbons (Fsp3) is 0.486. The second kappa shape index (κ2) is 13.1. The van der Waals surface area contributed by atoms with Crippen molar-refractivity contribution >= 4 is 0 Å². The summed E-state index contributed by atoms with van der Waals surface area (Å²) < 4.78 is 44.3. The molecule has 1 N–H and O–H groups in total. The van der Waals surface area contributed by atoms with Crippen molar-refractivity contribution in [3.63, 3.8) is 0 Å². The highest BCUT2D eigenvalue weighted by molar-refractivity contribution is 5.47. The molecule has 3 heterocycles. The van der Waals surface area contributed by atoms with Crippen molar-refractivity contribution in [2.75, 3.05) is 27.1 Å². The van der Waals surface area contributed by atoms with Gasteiger partial charge in [0.25, 0.3) is 0 Å². The highest BCUT2D eigenvalue weighted by Gasteiger charge is 2.61. The number of rotatable bonds is 12. The predicted octanol–water partition coefficient (Wildman–Crippen LogP) is 4.81. The van der Waals surface area contributed by atoms with Gasteiger partial charge in [-0.05, 0) is 43.4 Å². The molecule has 3 aromatic rings. The topological polar surface area (TPSA) is 84.8 Å². The van der Waals surface area contributed by atoms with Crippen LogP contribution in [0.4, 0.5) is 0 Å². The van der Waals surface area contributed by atoms with Gasteiger partial charge in [-0.2, -0.15) is 0 Å². The minimum Gasteiger partial charge on any atom is -0.396 e. The van der Waals surface area contributed by atoms with E-state index in [9.17, 15) is 5.11 Å². The number of benzene rings is 3. The molecule has 0 aromatic heterocycles. The Morgan fingerprint density at radius 3 is 1.77 bits per heavy atom. The van der Waals surface area contributed by atoms with Gasteiger partial charge in [-0.3, -0.25) is 0 Å². The normalized spacial score (nSPS) is 29.7. The Morgan fingerprint density at radius 2 is 1.23 bits per heavy atom. The molecular weight excluding hydrogens is 548 g/mol. The summed E-state index contributed by atoms with van der Waals surface area (Å²) in [6.45, 7) is 4.25. The van der Waals surface area contributed by atoms with Crippen LogP contribution in [0.3, 0.4) is 0 Å². The minimum absolute atomic E-state index is 0.0165. The zero-order valence-electron chi connectivity index (χ0n) is 25.0. The van der Waals surface area contributed by atoms with Gasteiger partial charge in [0.05, 0.1) is 18.8 Å². The van der Waals surface area contributed by atoms with E-state index >= 15 is 0 Å². The summed E-state index contributed by atoms with van der Waals surface area (Å²) in [5.74, 6) is -0.782. The molecule has 0 bridgehead atoms. The Hall–Kier alpha value is -2.66. The van der Waals surface area contributed by atoms with Gasteiger partial charge in [-0.25, -0.2) is 0 Å². The minimum atomic E-state index is -0.835. The first-order valence-electron chi connectivity index (χ1n) is 15.2. The van der Waals surface area contributed by atoms with Crippen molar-refractivity contribution in [1.82, 2.24) is 0 Å². The molecule has 0 amide bonds. The highest BCUT2D eigenvalue weighted by atomic mass is 16.8. The highest BCUT2D eigenvalue weighted by Crippen LogP contribution is 2.45. The third-order valence-corrected chi connectivity index (χ3v) is 8.59. The van der Waals surface area contributed by atoms with Crippen molar-refractivity contribution in [2.45, 2.75) is 80.8 Å². The molecule has 0 saturated carbocycles. The summed E-state index contributed by atoms with van der Waals surface area (Å²) in [6, 6.07) is 31.0. The third-order valence-electron chi connectivity index (χ3n) is 8.59. The van der Waals surface area contributed by atoms with Gasteiger partial charge in [0.15, 0.2) is 5.79 Å². The fourth-order valence-electron chi connectivity index (χ4n) is 6.85. The van der Waals surface area contributed by atoms with E-state index in [0.29, 0.717) is 19.4 Å². The van der Waals surface area contributed by atoms with E-state index in [4.69, 9.17) is 33.2 Å². The van der Waals surface area contributed by atoms with Crippen LogP contribution < -0.4 is 0 Å². The quantitative estimate of drug-likeness (QED) is 0.238. The van der Waals surface area contributed by atoms with E-state index in [0.717, 1.165) is 16.7 Å². The Kier molecular flexibility index (Phi) is 9.28. The smallest absolute Gasteiger partial charge is 0.164 e. The van der Waals surface area contributed by atoms with Gasteiger partial charge in [0, 0.05) is 13.7 Å². The number of hydrogen-bond acceptors (Lipinski definition) is 8. The molecule has 8 heteroatoms. The molecule has 0 spiro atoms. The van der Waals surface area contributed by atoms with E-state index in [1.165, 1.54) is 0 Å². The number of aliphatic hydroxyl groups excluding tert-OH is 1. The summed E-state index contributed by atoms with van der Waals surface area (Å²) >= 11 is 0. The molecule has 0 aliphatic carbocycles. The van der Waals surface area contributed by atoms with Gasteiger partial charge in [-0.15, -0.1) is 0 Å². The van der Waals surface area contributed by atoms with Crippen LogP contribution in [0.5, 0.6) is 0 Å². The Balaban J connectivity index is 1.29. The predicted molar refractivity (Wildman–Crippen MR) is 159 cm³/mol. The van der Waals surface area contributed by atoms with E-state index in [-0.39, 0.29) is 37.8 Å². The number of ether oxygens (including phenoxy) is 7. The average molecular weight is 591 g/mol. The lowest BCUT2D eigenvalue weighted by Crippen LogP contribution is -2.57. The maximum absolute atomic E-state index is 9.77. The Morgan fingerprint density at radius 1 is 0.698 bits per heavy atom. The lowest BCUT2D eigenvalue weighted by molar-refractivity contribution is -0.196. The van der Waals surface area contributed by atoms with Gasteiger partial charge in [0.1, 0.15) is 42.9 Å². The zero-order chi connectivity index (χ0) is 29.9. The molecule has 3 aromatic carbocycles. The van der Waals surface area contributed by atoms with E-state index in [2.05, 4.69) is 36.4 Å². The van der Waals surface area contributed by atoms with Gasteiger partial charge in [-0.1, -0.05) is 91.0 Å². The molecular formula is C35H42O8. The van der Waals surface area contributed by atoms with Crippen molar-refractivity contribution in [3.8, 4) is 0 Å². The molecule has 6 rings (SSSR count). The van der Waals surface area contributed by atoms with Crippen LogP contribution in [-0.2, 0) is 38.8 Å². The molecule has 3 fully saturated rings. The fourth-order valence-corrected chi connectivity index (χ4v) is 6.85. The van der Waals surface area contributed by atoms with Crippen LogP contribution in [0.25, 0.3) is 0 Å². The number of fused-ring (bicyclic) bond motifs is 3. The maximum Gasteiger partial charge on any atom is 0.164 e. The second-order valence-electron chi connectivity index (χ2n) is 11.8. The molecule has 43 heavy (non-hydrogen) atoms. The zero-order valence-corrected chi connectivity index (χ0v) is 25.0. The monoisotopic (exact) mass is 590 g/mol. The first-order chi connectivity index (χ1) is 21.0. The van der Waals surface area contributed by atoms with Crippen LogP contribution in [0.1, 0.15) is 43.4 Å². The van der Waals surface area contributed by atoms with Gasteiger partial charge in [0.2, 0.25) is 0 Å². The Bertz CT molecular complexity index is 1190. The van der Waals surface area contributed by atoms with Crippen LogP contribution >= 0.6 is 0 Å². The van der Waals surface area contributed by atoms with Crippen LogP contribution in [-0.4, -0.2) is 80.7 Å². The Labute approximate surface area is 253 Å². The molecule has 0 unspecified atom stereocenters. The summed E-state index contributed by atoms with van der Waals surface area (Å²) in [5.41, 5.74) is 2.28. The summed E-state index contributed by atoms with van der Waals surface area (Å²) in [5, 5.41) is 9.77. The lowest BCUT2D eigenvalue weighted by atomic mass is 9.80. The molecule has 7 atom stereocenters. The van der Waals surface area contributed by atoms with Crippen LogP contribution in [0, 0.1) is 0 Å².